The highest BCUT2D eigenvalue weighted by Crippen LogP contribution is 2.16. The summed E-state index contributed by atoms with van der Waals surface area (Å²) in [5.41, 5.74) is 0.428. The summed E-state index contributed by atoms with van der Waals surface area (Å²) in [6, 6.07) is 3.51. The van der Waals surface area contributed by atoms with Crippen LogP contribution in [0, 0.1) is 0 Å². The van der Waals surface area contributed by atoms with E-state index < -0.39 is 0 Å². The molecule has 0 fully saturated rings. The molecular formula is C13H14BrN5O. The van der Waals surface area contributed by atoms with Gasteiger partial charge in [0.15, 0.2) is 5.82 Å². The molecule has 0 aliphatic carbocycles. The number of rotatable bonds is 3. The second-order valence-corrected chi connectivity index (χ2v) is 5.73. The van der Waals surface area contributed by atoms with Gasteiger partial charge in [-0.3, -0.25) is 4.79 Å². The van der Waals surface area contributed by atoms with E-state index in [0.717, 1.165) is 35.5 Å². The SMILES string of the molecule is CN(Cc1nnc2n1CCC2)C(=O)c1ccc(Br)cn1. The van der Waals surface area contributed by atoms with Crippen molar-refractivity contribution >= 4 is 21.8 Å². The number of aryl methyl sites for hydroxylation is 1. The molecule has 0 bridgehead atoms. The molecule has 20 heavy (non-hydrogen) atoms. The van der Waals surface area contributed by atoms with Crippen molar-refractivity contribution in [2.24, 2.45) is 0 Å². The Morgan fingerprint density at radius 2 is 2.30 bits per heavy atom. The van der Waals surface area contributed by atoms with Gasteiger partial charge in [-0.1, -0.05) is 0 Å². The van der Waals surface area contributed by atoms with Crippen molar-refractivity contribution in [3.63, 3.8) is 0 Å². The van der Waals surface area contributed by atoms with Gasteiger partial charge in [0.1, 0.15) is 11.5 Å². The van der Waals surface area contributed by atoms with Crippen molar-refractivity contribution < 1.29 is 4.79 Å². The van der Waals surface area contributed by atoms with E-state index >= 15 is 0 Å². The summed E-state index contributed by atoms with van der Waals surface area (Å²) >= 11 is 3.30. The van der Waals surface area contributed by atoms with E-state index in [2.05, 4.69) is 35.7 Å². The van der Waals surface area contributed by atoms with Crippen molar-refractivity contribution in [2.75, 3.05) is 7.05 Å². The number of nitrogens with zero attached hydrogens (tertiary/aromatic N) is 5. The summed E-state index contributed by atoms with van der Waals surface area (Å²) in [4.78, 5) is 18.0. The Bertz CT molecular complexity index is 637. The lowest BCUT2D eigenvalue weighted by Gasteiger charge is -2.16. The minimum absolute atomic E-state index is 0.118. The van der Waals surface area contributed by atoms with Crippen LogP contribution in [0.5, 0.6) is 0 Å². The number of carbonyl (C=O) groups excluding carboxylic acids is 1. The molecule has 6 nitrogen and oxygen atoms in total. The minimum Gasteiger partial charge on any atom is -0.333 e. The van der Waals surface area contributed by atoms with E-state index in [4.69, 9.17) is 0 Å². The Balaban J connectivity index is 1.74. The number of halogens is 1. The molecule has 3 rings (SSSR count). The van der Waals surface area contributed by atoms with E-state index in [-0.39, 0.29) is 5.91 Å². The summed E-state index contributed by atoms with van der Waals surface area (Å²) in [6.45, 7) is 1.39. The molecule has 0 N–H and O–H groups in total. The second kappa shape index (κ2) is 5.32. The third-order valence-corrected chi connectivity index (χ3v) is 3.83. The third-order valence-electron chi connectivity index (χ3n) is 3.36. The lowest BCUT2D eigenvalue weighted by molar-refractivity contribution is 0.0774. The van der Waals surface area contributed by atoms with Crippen LogP contribution in [-0.4, -0.2) is 37.6 Å². The standard InChI is InChI=1S/C13H14BrN5O/c1-18(13(20)10-5-4-9(14)7-15-10)8-12-17-16-11-3-2-6-19(11)12/h4-5,7H,2-3,6,8H2,1H3. The molecule has 104 valence electrons. The van der Waals surface area contributed by atoms with Crippen LogP contribution in [0.4, 0.5) is 0 Å². The van der Waals surface area contributed by atoms with E-state index in [1.165, 1.54) is 0 Å². The Morgan fingerprint density at radius 1 is 1.45 bits per heavy atom. The van der Waals surface area contributed by atoms with E-state index in [9.17, 15) is 4.79 Å². The van der Waals surface area contributed by atoms with Crippen LogP contribution < -0.4 is 0 Å². The van der Waals surface area contributed by atoms with Crippen molar-refractivity contribution in [2.45, 2.75) is 25.9 Å². The van der Waals surface area contributed by atoms with E-state index in [1.807, 2.05) is 6.07 Å². The molecule has 0 saturated carbocycles. The quantitative estimate of drug-likeness (QED) is 0.855. The lowest BCUT2D eigenvalue weighted by Crippen LogP contribution is -2.28. The zero-order valence-corrected chi connectivity index (χ0v) is 12.7. The molecule has 0 aromatic carbocycles. The van der Waals surface area contributed by atoms with Crippen LogP contribution in [-0.2, 0) is 19.5 Å². The van der Waals surface area contributed by atoms with Gasteiger partial charge in [0, 0.05) is 30.7 Å². The summed E-state index contributed by atoms with van der Waals surface area (Å²) in [5, 5.41) is 8.31. The molecule has 1 aliphatic rings. The maximum absolute atomic E-state index is 12.3. The molecule has 0 spiro atoms. The largest absolute Gasteiger partial charge is 0.333 e. The number of aromatic nitrogens is 4. The van der Waals surface area contributed by atoms with E-state index in [1.54, 1.807) is 24.2 Å². The topological polar surface area (TPSA) is 63.9 Å². The molecule has 3 heterocycles. The van der Waals surface area contributed by atoms with Gasteiger partial charge in [0.25, 0.3) is 5.91 Å². The van der Waals surface area contributed by atoms with Crippen LogP contribution in [0.2, 0.25) is 0 Å². The van der Waals surface area contributed by atoms with Crippen LogP contribution >= 0.6 is 15.9 Å². The molecule has 0 atom stereocenters. The number of pyridine rings is 1. The number of hydrogen-bond acceptors (Lipinski definition) is 4. The number of hydrogen-bond donors (Lipinski definition) is 0. The first kappa shape index (κ1) is 13.2. The van der Waals surface area contributed by atoms with Gasteiger partial charge >= 0.3 is 0 Å². The molecule has 1 amide bonds. The Hall–Kier alpha value is -1.76. The maximum atomic E-state index is 12.3. The van der Waals surface area contributed by atoms with Crippen molar-refractivity contribution in [1.29, 1.82) is 0 Å². The molecule has 0 radical (unpaired) electrons. The highest BCUT2D eigenvalue weighted by molar-refractivity contribution is 9.10. The summed E-state index contributed by atoms with van der Waals surface area (Å²) in [7, 11) is 1.75. The molecule has 0 saturated heterocycles. The van der Waals surface area contributed by atoms with Crippen LogP contribution in [0.3, 0.4) is 0 Å². The number of carbonyl (C=O) groups is 1. The Labute approximate surface area is 125 Å². The monoisotopic (exact) mass is 335 g/mol. The lowest BCUT2D eigenvalue weighted by atomic mass is 10.3. The first-order chi connectivity index (χ1) is 9.65. The third kappa shape index (κ3) is 2.45. The van der Waals surface area contributed by atoms with Crippen molar-refractivity contribution in [3.05, 3.63) is 40.1 Å². The van der Waals surface area contributed by atoms with Crippen LogP contribution in [0.1, 0.15) is 28.6 Å². The summed E-state index contributed by atoms with van der Waals surface area (Å²) in [6.07, 6.45) is 3.69. The normalized spacial score (nSPS) is 13.3. The zero-order valence-electron chi connectivity index (χ0n) is 11.1. The average molecular weight is 336 g/mol. The fourth-order valence-electron chi connectivity index (χ4n) is 2.31. The van der Waals surface area contributed by atoms with E-state index in [0.29, 0.717) is 12.2 Å². The fourth-order valence-corrected chi connectivity index (χ4v) is 2.54. The van der Waals surface area contributed by atoms with Gasteiger partial charge in [0.05, 0.1) is 6.54 Å². The summed E-state index contributed by atoms with van der Waals surface area (Å²) < 4.78 is 2.95. The van der Waals surface area contributed by atoms with Gasteiger partial charge in [0.2, 0.25) is 0 Å². The van der Waals surface area contributed by atoms with Gasteiger partial charge in [-0.15, -0.1) is 10.2 Å². The smallest absolute Gasteiger partial charge is 0.272 e. The molecule has 2 aromatic rings. The Morgan fingerprint density at radius 3 is 3.05 bits per heavy atom. The number of amides is 1. The van der Waals surface area contributed by atoms with Crippen molar-refractivity contribution in [1.82, 2.24) is 24.6 Å². The first-order valence-corrected chi connectivity index (χ1v) is 7.22. The molecule has 0 unspecified atom stereocenters. The van der Waals surface area contributed by atoms with Crippen molar-refractivity contribution in [3.8, 4) is 0 Å². The van der Waals surface area contributed by atoms with Gasteiger partial charge in [-0.05, 0) is 34.5 Å². The minimum atomic E-state index is -0.118. The number of fused-ring (bicyclic) bond motifs is 1. The highest BCUT2D eigenvalue weighted by atomic mass is 79.9. The molecule has 1 aliphatic heterocycles. The van der Waals surface area contributed by atoms with Crippen LogP contribution in [0.25, 0.3) is 0 Å². The van der Waals surface area contributed by atoms with Gasteiger partial charge in [-0.2, -0.15) is 0 Å². The van der Waals surface area contributed by atoms with Gasteiger partial charge < -0.3 is 9.47 Å². The fraction of sp³-hybridized carbons (Fsp3) is 0.385. The molecule has 2 aromatic heterocycles. The predicted molar refractivity (Wildman–Crippen MR) is 76.1 cm³/mol. The first-order valence-electron chi connectivity index (χ1n) is 6.43. The predicted octanol–water partition coefficient (Wildman–Crippen LogP) is 1.65. The van der Waals surface area contributed by atoms with Gasteiger partial charge in [-0.25, -0.2) is 4.98 Å². The molecule has 7 heteroatoms. The average Bonchev–Trinajstić information content (AvgIpc) is 3.04. The summed E-state index contributed by atoms with van der Waals surface area (Å²) in [5.74, 6) is 1.74. The Kier molecular flexibility index (Phi) is 3.52. The molecular weight excluding hydrogens is 322 g/mol. The maximum Gasteiger partial charge on any atom is 0.272 e. The highest BCUT2D eigenvalue weighted by Gasteiger charge is 2.20. The second-order valence-electron chi connectivity index (χ2n) is 4.81. The zero-order chi connectivity index (χ0) is 14.1. The van der Waals surface area contributed by atoms with Crippen LogP contribution in [0.15, 0.2) is 22.8 Å².